The van der Waals surface area contributed by atoms with Crippen molar-refractivity contribution in [2.75, 3.05) is 32.0 Å². The van der Waals surface area contributed by atoms with Gasteiger partial charge in [-0.1, -0.05) is 0 Å². The molecule has 3 heterocycles. The maximum atomic E-state index is 12.4. The van der Waals surface area contributed by atoms with Crippen LogP contribution in [0.4, 0.5) is 5.69 Å². The summed E-state index contributed by atoms with van der Waals surface area (Å²) in [5.41, 5.74) is 6.35. The molecule has 5 nitrogen and oxygen atoms in total. The van der Waals surface area contributed by atoms with Crippen LogP contribution < -0.4 is 5.73 Å². The van der Waals surface area contributed by atoms with Crippen molar-refractivity contribution in [3.8, 4) is 0 Å². The molecule has 2 aliphatic rings. The number of ether oxygens (including phenoxy) is 2. The van der Waals surface area contributed by atoms with Gasteiger partial charge >= 0.3 is 0 Å². The van der Waals surface area contributed by atoms with Gasteiger partial charge in [0.25, 0.3) is 5.91 Å². The molecular weight excluding hydrogens is 252 g/mol. The van der Waals surface area contributed by atoms with Gasteiger partial charge in [0.05, 0.1) is 25.4 Å². The number of carbonyl (C=O) groups is 1. The summed E-state index contributed by atoms with van der Waals surface area (Å²) in [4.78, 5) is 14.8. The number of hydrogen-bond donors (Lipinski definition) is 1. The molecule has 18 heavy (non-hydrogen) atoms. The number of amides is 1. The molecule has 1 amide bonds. The van der Waals surface area contributed by atoms with Crippen LogP contribution in [0, 0.1) is 0 Å². The Kier molecular flexibility index (Phi) is 3.01. The predicted octanol–water partition coefficient (Wildman–Crippen LogP) is 1.31. The number of nitrogen functional groups attached to an aromatic ring is 1. The lowest BCUT2D eigenvalue weighted by atomic mass is 10.0. The molecule has 1 aromatic rings. The summed E-state index contributed by atoms with van der Waals surface area (Å²) >= 11 is 1.38. The van der Waals surface area contributed by atoms with Crippen LogP contribution in [0.2, 0.25) is 0 Å². The number of piperidine rings is 1. The first kappa shape index (κ1) is 12.0. The van der Waals surface area contributed by atoms with Gasteiger partial charge < -0.3 is 20.1 Å². The Labute approximate surface area is 109 Å². The number of nitrogens with two attached hydrogens (primary N) is 1. The smallest absolute Gasteiger partial charge is 0.266 e. The Morgan fingerprint density at radius 3 is 2.89 bits per heavy atom. The molecule has 6 heteroatoms. The number of hydrogen-bond acceptors (Lipinski definition) is 5. The van der Waals surface area contributed by atoms with Gasteiger partial charge in [-0.2, -0.15) is 0 Å². The van der Waals surface area contributed by atoms with Crippen molar-refractivity contribution >= 4 is 22.9 Å². The first-order valence-corrected chi connectivity index (χ1v) is 6.98. The van der Waals surface area contributed by atoms with E-state index >= 15 is 0 Å². The lowest BCUT2D eigenvalue weighted by Crippen LogP contribution is -2.50. The predicted molar refractivity (Wildman–Crippen MR) is 68.5 cm³/mol. The van der Waals surface area contributed by atoms with Crippen molar-refractivity contribution in [2.45, 2.75) is 18.6 Å². The number of anilines is 1. The van der Waals surface area contributed by atoms with Gasteiger partial charge in [0.15, 0.2) is 5.79 Å². The first-order valence-electron chi connectivity index (χ1n) is 6.10. The largest absolute Gasteiger partial charge is 0.397 e. The fraction of sp³-hybridized carbons (Fsp3) is 0.583. The molecule has 0 radical (unpaired) electrons. The topological polar surface area (TPSA) is 64.8 Å². The van der Waals surface area contributed by atoms with Crippen molar-refractivity contribution in [3.05, 3.63) is 16.3 Å². The van der Waals surface area contributed by atoms with Crippen LogP contribution in [0.15, 0.2) is 11.4 Å². The number of thiophene rings is 1. The second kappa shape index (κ2) is 4.53. The van der Waals surface area contributed by atoms with Crippen LogP contribution in [0.5, 0.6) is 0 Å². The zero-order valence-corrected chi connectivity index (χ0v) is 10.9. The summed E-state index contributed by atoms with van der Waals surface area (Å²) in [6, 6.07) is 1.76. The molecule has 1 aromatic heterocycles. The van der Waals surface area contributed by atoms with Gasteiger partial charge in [0.1, 0.15) is 4.88 Å². The second-order valence-electron chi connectivity index (χ2n) is 4.64. The average molecular weight is 268 g/mol. The van der Waals surface area contributed by atoms with E-state index in [4.69, 9.17) is 15.2 Å². The summed E-state index contributed by atoms with van der Waals surface area (Å²) < 4.78 is 11.3. The van der Waals surface area contributed by atoms with Crippen molar-refractivity contribution in [1.29, 1.82) is 0 Å². The van der Waals surface area contributed by atoms with E-state index in [9.17, 15) is 4.79 Å². The van der Waals surface area contributed by atoms with E-state index in [1.807, 2.05) is 5.38 Å². The molecular formula is C12H16N2O3S. The highest BCUT2D eigenvalue weighted by Crippen LogP contribution is 2.32. The van der Waals surface area contributed by atoms with Gasteiger partial charge in [-0.15, -0.1) is 11.3 Å². The molecule has 2 fully saturated rings. The molecule has 0 bridgehead atoms. The maximum Gasteiger partial charge on any atom is 0.266 e. The first-order chi connectivity index (χ1) is 8.70. The molecule has 0 atom stereocenters. The molecule has 1 spiro atoms. The van der Waals surface area contributed by atoms with Gasteiger partial charge in [-0.25, -0.2) is 0 Å². The Morgan fingerprint density at radius 2 is 2.22 bits per heavy atom. The number of likely N-dealkylation sites (tertiary alicyclic amines) is 1. The molecule has 0 aliphatic carbocycles. The van der Waals surface area contributed by atoms with Crippen LogP contribution in [-0.2, 0) is 9.47 Å². The van der Waals surface area contributed by atoms with E-state index in [1.54, 1.807) is 11.0 Å². The zero-order valence-electron chi connectivity index (χ0n) is 10.1. The van der Waals surface area contributed by atoms with E-state index in [-0.39, 0.29) is 5.91 Å². The Balaban J connectivity index is 1.76. The lowest BCUT2D eigenvalue weighted by Gasteiger charge is -2.38. The van der Waals surface area contributed by atoms with Crippen LogP contribution in [0.3, 0.4) is 0 Å². The molecule has 2 saturated heterocycles. The van der Waals surface area contributed by atoms with Crippen LogP contribution in [-0.4, -0.2) is 42.9 Å². The number of carbonyl (C=O) groups excluding carboxylic acids is 1. The molecule has 3 rings (SSSR count). The van der Waals surface area contributed by atoms with Gasteiger partial charge in [0.2, 0.25) is 0 Å². The van der Waals surface area contributed by atoms with E-state index in [0.717, 1.165) is 19.4 Å². The Morgan fingerprint density at radius 1 is 1.44 bits per heavy atom. The highest BCUT2D eigenvalue weighted by molar-refractivity contribution is 7.12. The summed E-state index contributed by atoms with van der Waals surface area (Å²) in [6.45, 7) is 2.47. The zero-order chi connectivity index (χ0) is 12.6. The van der Waals surface area contributed by atoms with Crippen molar-refractivity contribution in [2.24, 2.45) is 0 Å². The van der Waals surface area contributed by atoms with E-state index in [2.05, 4.69) is 0 Å². The normalized spacial score (nSPS) is 22.6. The Bertz CT molecular complexity index is 454. The van der Waals surface area contributed by atoms with E-state index in [0.29, 0.717) is 30.3 Å². The molecule has 0 unspecified atom stereocenters. The minimum atomic E-state index is -0.570. The SMILES string of the molecule is Nc1ccsc1C(=O)N1CCCC2(C1)OCCO2. The third kappa shape index (κ3) is 2.00. The van der Waals surface area contributed by atoms with E-state index in [1.165, 1.54) is 11.3 Å². The minimum absolute atomic E-state index is 0.0133. The van der Waals surface area contributed by atoms with Gasteiger partial charge in [-0.3, -0.25) is 4.79 Å². The van der Waals surface area contributed by atoms with Gasteiger partial charge in [-0.05, 0) is 17.9 Å². The van der Waals surface area contributed by atoms with Crippen LogP contribution in [0.25, 0.3) is 0 Å². The van der Waals surface area contributed by atoms with Gasteiger partial charge in [0, 0.05) is 13.0 Å². The molecule has 0 aromatic carbocycles. The number of nitrogens with zero attached hydrogens (tertiary/aromatic N) is 1. The fourth-order valence-electron chi connectivity index (χ4n) is 2.53. The van der Waals surface area contributed by atoms with Crippen molar-refractivity contribution in [1.82, 2.24) is 4.90 Å². The average Bonchev–Trinajstić information content (AvgIpc) is 2.98. The summed E-state index contributed by atoms with van der Waals surface area (Å²) in [6.07, 6.45) is 1.76. The monoisotopic (exact) mass is 268 g/mol. The standard InChI is InChI=1S/C12H16N2O3S/c13-9-2-7-18-10(9)11(15)14-4-1-3-12(8-14)16-5-6-17-12/h2,7H,1,3-6,8,13H2. The summed E-state index contributed by atoms with van der Waals surface area (Å²) in [7, 11) is 0. The lowest BCUT2D eigenvalue weighted by molar-refractivity contribution is -0.183. The fourth-order valence-corrected chi connectivity index (χ4v) is 3.32. The second-order valence-corrected chi connectivity index (χ2v) is 5.56. The van der Waals surface area contributed by atoms with Crippen LogP contribution >= 0.6 is 11.3 Å². The molecule has 98 valence electrons. The third-order valence-electron chi connectivity index (χ3n) is 3.41. The Hall–Kier alpha value is -1.11. The third-order valence-corrected chi connectivity index (χ3v) is 4.33. The van der Waals surface area contributed by atoms with Crippen molar-refractivity contribution in [3.63, 3.8) is 0 Å². The minimum Gasteiger partial charge on any atom is -0.397 e. The highest BCUT2D eigenvalue weighted by atomic mass is 32.1. The number of rotatable bonds is 1. The summed E-state index contributed by atoms with van der Waals surface area (Å²) in [5.74, 6) is -0.583. The maximum absolute atomic E-state index is 12.4. The summed E-state index contributed by atoms with van der Waals surface area (Å²) in [5, 5.41) is 1.84. The van der Waals surface area contributed by atoms with Crippen LogP contribution in [0.1, 0.15) is 22.5 Å². The molecule has 2 N–H and O–H groups in total. The van der Waals surface area contributed by atoms with E-state index < -0.39 is 5.79 Å². The van der Waals surface area contributed by atoms with Crippen molar-refractivity contribution < 1.29 is 14.3 Å². The molecule has 0 saturated carbocycles. The highest BCUT2D eigenvalue weighted by Gasteiger charge is 2.42. The molecule has 2 aliphatic heterocycles. The quantitative estimate of drug-likeness (QED) is 0.834.